The molecule has 0 aliphatic carbocycles. The van der Waals surface area contributed by atoms with Crippen LogP contribution in [-0.2, 0) is 14.2 Å². The summed E-state index contributed by atoms with van der Waals surface area (Å²) in [6.07, 6.45) is -0.864. The molecule has 4 rings (SSSR count). The number of carbonyl (C=O) groups is 2. The Hall–Kier alpha value is -2.45. The van der Waals surface area contributed by atoms with Crippen LogP contribution in [-0.4, -0.2) is 55.1 Å². The Kier molecular flexibility index (Phi) is 6.03. The topological polar surface area (TPSA) is 85.9 Å². The van der Waals surface area contributed by atoms with E-state index >= 15 is 0 Å². The van der Waals surface area contributed by atoms with Gasteiger partial charge in [-0.25, -0.2) is 0 Å². The number of halogens is 1. The van der Waals surface area contributed by atoms with E-state index in [9.17, 15) is 9.59 Å². The summed E-state index contributed by atoms with van der Waals surface area (Å²) >= 11 is 5.97. The summed E-state index contributed by atoms with van der Waals surface area (Å²) in [5.74, 6) is -1.28. The Balaban J connectivity index is 1.41. The molecule has 7 nitrogen and oxygen atoms in total. The molecule has 31 heavy (non-hydrogen) atoms. The van der Waals surface area contributed by atoms with Crippen LogP contribution in [0.2, 0.25) is 5.02 Å². The molecule has 3 atom stereocenters. The molecule has 8 heteroatoms. The lowest BCUT2D eigenvalue weighted by atomic mass is 9.96. The number of amides is 2. The highest BCUT2D eigenvalue weighted by atomic mass is 35.5. The number of fused-ring (bicyclic) bond motifs is 1. The van der Waals surface area contributed by atoms with E-state index in [1.807, 2.05) is 32.0 Å². The molecule has 2 amide bonds. The van der Waals surface area contributed by atoms with Crippen molar-refractivity contribution in [2.75, 3.05) is 19.7 Å². The van der Waals surface area contributed by atoms with Crippen LogP contribution in [0.3, 0.4) is 0 Å². The SMILES string of the molecule is CC1(C)O[C@@H]2[C@@H](CNC(=O)c3cccc(Cl)c3)OC[C@]2(CNC(=O)c2ccccc2)O1. The molecule has 2 aromatic rings. The summed E-state index contributed by atoms with van der Waals surface area (Å²) in [7, 11) is 0. The maximum Gasteiger partial charge on any atom is 0.251 e. The minimum atomic E-state index is -0.834. The van der Waals surface area contributed by atoms with Crippen molar-refractivity contribution in [1.82, 2.24) is 10.6 Å². The van der Waals surface area contributed by atoms with E-state index in [1.54, 1.807) is 36.4 Å². The van der Waals surface area contributed by atoms with E-state index in [2.05, 4.69) is 10.6 Å². The van der Waals surface area contributed by atoms with Crippen LogP contribution >= 0.6 is 11.6 Å². The molecule has 0 unspecified atom stereocenters. The van der Waals surface area contributed by atoms with Crippen LogP contribution in [0.4, 0.5) is 0 Å². The molecule has 2 aromatic carbocycles. The van der Waals surface area contributed by atoms with Gasteiger partial charge in [-0.15, -0.1) is 0 Å². The molecule has 0 saturated carbocycles. The largest absolute Gasteiger partial charge is 0.370 e. The van der Waals surface area contributed by atoms with Crippen molar-refractivity contribution < 1.29 is 23.8 Å². The quantitative estimate of drug-likeness (QED) is 0.715. The first-order valence-corrected chi connectivity index (χ1v) is 10.5. The molecule has 0 radical (unpaired) electrons. The zero-order valence-electron chi connectivity index (χ0n) is 17.4. The van der Waals surface area contributed by atoms with Gasteiger partial charge in [-0.3, -0.25) is 9.59 Å². The lowest BCUT2D eigenvalue weighted by Crippen LogP contribution is -2.52. The van der Waals surface area contributed by atoms with Crippen molar-refractivity contribution in [3.8, 4) is 0 Å². The monoisotopic (exact) mass is 444 g/mol. The number of hydrogen-bond acceptors (Lipinski definition) is 5. The van der Waals surface area contributed by atoms with Crippen LogP contribution in [0, 0.1) is 0 Å². The van der Waals surface area contributed by atoms with Gasteiger partial charge in [-0.2, -0.15) is 0 Å². The molecule has 2 N–H and O–H groups in total. The first kappa shape index (κ1) is 21.8. The lowest BCUT2D eigenvalue weighted by molar-refractivity contribution is -0.188. The van der Waals surface area contributed by atoms with Gasteiger partial charge in [0.25, 0.3) is 11.8 Å². The van der Waals surface area contributed by atoms with E-state index in [-0.39, 0.29) is 31.5 Å². The van der Waals surface area contributed by atoms with E-state index < -0.39 is 23.6 Å². The predicted octanol–water partition coefficient (Wildman–Crippen LogP) is 2.79. The Morgan fingerprint density at radius 1 is 1.03 bits per heavy atom. The normalized spacial score (nSPS) is 26.3. The highest BCUT2D eigenvalue weighted by Gasteiger charge is 2.61. The van der Waals surface area contributed by atoms with Crippen LogP contribution in [0.5, 0.6) is 0 Å². The fourth-order valence-corrected chi connectivity index (χ4v) is 4.24. The van der Waals surface area contributed by atoms with Gasteiger partial charge >= 0.3 is 0 Å². The van der Waals surface area contributed by atoms with Gasteiger partial charge in [0.2, 0.25) is 0 Å². The number of carbonyl (C=O) groups excluding carboxylic acids is 2. The average Bonchev–Trinajstić information content (AvgIpc) is 3.21. The van der Waals surface area contributed by atoms with Gasteiger partial charge in [0.15, 0.2) is 5.79 Å². The second-order valence-corrected chi connectivity index (χ2v) is 8.66. The molecule has 0 aromatic heterocycles. The third kappa shape index (κ3) is 4.75. The van der Waals surface area contributed by atoms with Crippen LogP contribution in [0.25, 0.3) is 0 Å². The van der Waals surface area contributed by atoms with E-state index in [0.29, 0.717) is 16.1 Å². The van der Waals surface area contributed by atoms with Crippen molar-refractivity contribution in [3.05, 3.63) is 70.7 Å². The van der Waals surface area contributed by atoms with Gasteiger partial charge in [0, 0.05) is 22.7 Å². The average molecular weight is 445 g/mol. The smallest absolute Gasteiger partial charge is 0.251 e. The van der Waals surface area contributed by atoms with Crippen molar-refractivity contribution in [2.45, 2.75) is 37.4 Å². The van der Waals surface area contributed by atoms with Crippen LogP contribution < -0.4 is 10.6 Å². The van der Waals surface area contributed by atoms with Crippen molar-refractivity contribution in [2.24, 2.45) is 0 Å². The molecular weight excluding hydrogens is 420 g/mol. The number of nitrogens with one attached hydrogen (secondary N) is 2. The summed E-state index contributed by atoms with van der Waals surface area (Å²) in [5.41, 5.74) is 0.202. The van der Waals surface area contributed by atoms with Crippen molar-refractivity contribution in [3.63, 3.8) is 0 Å². The highest BCUT2D eigenvalue weighted by Crippen LogP contribution is 2.43. The maximum atomic E-state index is 12.5. The first-order chi connectivity index (χ1) is 14.8. The van der Waals surface area contributed by atoms with Gasteiger partial charge in [0.1, 0.15) is 17.8 Å². The molecule has 2 heterocycles. The second-order valence-electron chi connectivity index (χ2n) is 8.22. The van der Waals surface area contributed by atoms with Gasteiger partial charge in [-0.1, -0.05) is 35.9 Å². The summed E-state index contributed by atoms with van der Waals surface area (Å²) in [6, 6.07) is 15.7. The van der Waals surface area contributed by atoms with Crippen LogP contribution in [0.15, 0.2) is 54.6 Å². The van der Waals surface area contributed by atoms with E-state index in [1.165, 1.54) is 0 Å². The van der Waals surface area contributed by atoms with E-state index in [4.69, 9.17) is 25.8 Å². The van der Waals surface area contributed by atoms with Crippen molar-refractivity contribution >= 4 is 23.4 Å². The molecule has 2 aliphatic heterocycles. The highest BCUT2D eigenvalue weighted by molar-refractivity contribution is 6.30. The lowest BCUT2D eigenvalue weighted by Gasteiger charge is -2.27. The standard InChI is InChI=1S/C23H25ClN2O5/c1-22(2)30-19-18(12-25-21(28)16-9-6-10-17(24)11-16)29-14-23(19,31-22)13-26-20(27)15-7-4-3-5-8-15/h3-11,18-19H,12-14H2,1-2H3,(H,25,28)(H,26,27)/t18-,19-,23+/m1/s1. The number of rotatable bonds is 6. The zero-order chi connectivity index (χ0) is 22.1. The second kappa shape index (κ2) is 8.59. The number of ether oxygens (including phenoxy) is 3. The molecule has 2 fully saturated rings. The van der Waals surface area contributed by atoms with E-state index in [0.717, 1.165) is 0 Å². The molecular formula is C23H25ClN2O5. The van der Waals surface area contributed by atoms with Gasteiger partial charge in [0.05, 0.1) is 13.2 Å². The number of hydrogen-bond donors (Lipinski definition) is 2. The summed E-state index contributed by atoms with van der Waals surface area (Å²) in [4.78, 5) is 25.0. The van der Waals surface area contributed by atoms with Gasteiger partial charge < -0.3 is 24.8 Å². The third-order valence-corrected chi connectivity index (χ3v) is 5.63. The molecule has 2 aliphatic rings. The first-order valence-electron chi connectivity index (χ1n) is 10.1. The minimum absolute atomic E-state index is 0.195. The van der Waals surface area contributed by atoms with Crippen molar-refractivity contribution in [1.29, 1.82) is 0 Å². The zero-order valence-corrected chi connectivity index (χ0v) is 18.1. The van der Waals surface area contributed by atoms with Gasteiger partial charge in [-0.05, 0) is 44.2 Å². The number of benzene rings is 2. The molecule has 0 spiro atoms. The van der Waals surface area contributed by atoms with Crippen LogP contribution in [0.1, 0.15) is 34.6 Å². The minimum Gasteiger partial charge on any atom is -0.370 e. The summed E-state index contributed by atoms with van der Waals surface area (Å²) in [6.45, 7) is 4.37. The summed E-state index contributed by atoms with van der Waals surface area (Å²) in [5, 5.41) is 6.30. The Morgan fingerprint density at radius 3 is 2.48 bits per heavy atom. The predicted molar refractivity (Wildman–Crippen MR) is 115 cm³/mol. The summed E-state index contributed by atoms with van der Waals surface area (Å²) < 4.78 is 18.2. The maximum absolute atomic E-state index is 12.5. The fraction of sp³-hybridized carbons (Fsp3) is 0.391. The third-order valence-electron chi connectivity index (χ3n) is 5.39. The Morgan fingerprint density at radius 2 is 1.74 bits per heavy atom. The molecule has 164 valence electrons. The Bertz CT molecular complexity index is 967. The molecule has 2 saturated heterocycles. The fourth-order valence-electron chi connectivity index (χ4n) is 4.05. The molecule has 0 bridgehead atoms. The Labute approximate surface area is 186 Å².